The van der Waals surface area contributed by atoms with Gasteiger partial charge in [0.05, 0.1) is 5.69 Å². The largest absolute Gasteiger partial charge is 0.353 e. The molecule has 0 aliphatic rings. The molecule has 18 heavy (non-hydrogen) atoms. The van der Waals surface area contributed by atoms with Gasteiger partial charge in [0.2, 0.25) is 0 Å². The first-order chi connectivity index (χ1) is 8.81. The third kappa shape index (κ3) is 4.88. The van der Waals surface area contributed by atoms with Gasteiger partial charge in [-0.05, 0) is 31.5 Å². The zero-order valence-corrected chi connectivity index (χ0v) is 11.7. The predicted molar refractivity (Wildman–Crippen MR) is 78.9 cm³/mol. The lowest BCUT2D eigenvalue weighted by Gasteiger charge is -2.22. The van der Waals surface area contributed by atoms with E-state index < -0.39 is 0 Å². The van der Waals surface area contributed by atoms with E-state index in [0.29, 0.717) is 0 Å². The molecular weight excluding hydrogens is 222 g/mol. The minimum absolute atomic E-state index is 0.843. The molecule has 1 N–H and O–H groups in total. The Morgan fingerprint density at radius 1 is 1.33 bits per heavy atom. The molecule has 0 amide bonds. The van der Waals surface area contributed by atoms with E-state index in [0.717, 1.165) is 50.5 Å². The summed E-state index contributed by atoms with van der Waals surface area (Å²) in [7, 11) is 0. The van der Waals surface area contributed by atoms with Gasteiger partial charge in [-0.1, -0.05) is 26.0 Å². The lowest BCUT2D eigenvalue weighted by molar-refractivity contribution is 0.662. The first-order valence-corrected chi connectivity index (χ1v) is 6.84. The summed E-state index contributed by atoms with van der Waals surface area (Å²) in [5, 5.41) is 3.38. The maximum atomic E-state index is 4.70. The fraction of sp³-hybridized carbons (Fsp3) is 0.533. The van der Waals surface area contributed by atoms with Crippen LogP contribution in [0.15, 0.2) is 30.9 Å². The van der Waals surface area contributed by atoms with Gasteiger partial charge in [0.25, 0.3) is 0 Å². The van der Waals surface area contributed by atoms with Crippen LogP contribution in [0.2, 0.25) is 0 Å². The van der Waals surface area contributed by atoms with Gasteiger partial charge >= 0.3 is 0 Å². The fourth-order valence-corrected chi connectivity index (χ4v) is 1.86. The zero-order valence-electron chi connectivity index (χ0n) is 11.7. The summed E-state index contributed by atoms with van der Waals surface area (Å²) in [6, 6.07) is 6.23. The van der Waals surface area contributed by atoms with Gasteiger partial charge in [0.1, 0.15) is 5.82 Å². The molecule has 0 unspecified atom stereocenters. The van der Waals surface area contributed by atoms with Crippen molar-refractivity contribution in [2.75, 3.05) is 24.5 Å². The van der Waals surface area contributed by atoms with Gasteiger partial charge in [-0.15, -0.1) is 6.58 Å². The molecule has 1 heterocycles. The van der Waals surface area contributed by atoms with Crippen LogP contribution in [0.3, 0.4) is 0 Å². The molecule has 0 fully saturated rings. The highest BCUT2D eigenvalue weighted by molar-refractivity contribution is 5.39. The Morgan fingerprint density at radius 3 is 2.83 bits per heavy atom. The van der Waals surface area contributed by atoms with Crippen LogP contribution in [0.5, 0.6) is 0 Å². The highest BCUT2D eigenvalue weighted by Gasteiger charge is 2.05. The average Bonchev–Trinajstić information content (AvgIpc) is 2.39. The molecule has 1 aromatic rings. The normalized spacial score (nSPS) is 10.3. The molecule has 0 spiro atoms. The van der Waals surface area contributed by atoms with Crippen molar-refractivity contribution in [2.45, 2.75) is 33.2 Å². The number of anilines is 1. The molecule has 3 heteroatoms. The molecule has 3 nitrogen and oxygen atoms in total. The molecule has 0 saturated heterocycles. The van der Waals surface area contributed by atoms with Crippen LogP contribution in [-0.4, -0.2) is 24.6 Å². The topological polar surface area (TPSA) is 28.2 Å². The van der Waals surface area contributed by atoms with E-state index in [1.165, 1.54) is 0 Å². The van der Waals surface area contributed by atoms with E-state index in [-0.39, 0.29) is 0 Å². The molecular formula is C15H25N3. The Hall–Kier alpha value is -1.35. The van der Waals surface area contributed by atoms with E-state index in [9.17, 15) is 0 Å². The maximum absolute atomic E-state index is 4.70. The molecule has 1 rings (SSSR count). The standard InChI is InChI=1S/C15H25N3/c1-4-10-16-13-14-8-7-9-15(17-14)18(11-5-2)12-6-3/h5,7-9,16H,2,4,6,10-13H2,1,3H3. The molecule has 0 bridgehead atoms. The molecule has 0 radical (unpaired) electrons. The summed E-state index contributed by atoms with van der Waals surface area (Å²) >= 11 is 0. The second-order valence-electron chi connectivity index (χ2n) is 4.40. The molecule has 100 valence electrons. The van der Waals surface area contributed by atoms with Crippen LogP contribution in [0, 0.1) is 0 Å². The Balaban J connectivity index is 2.68. The number of aromatic nitrogens is 1. The van der Waals surface area contributed by atoms with Crippen LogP contribution in [0.1, 0.15) is 32.4 Å². The lowest BCUT2D eigenvalue weighted by Crippen LogP contribution is -2.25. The third-order valence-electron chi connectivity index (χ3n) is 2.69. The van der Waals surface area contributed by atoms with Crippen LogP contribution in [-0.2, 0) is 6.54 Å². The average molecular weight is 247 g/mol. The number of hydrogen-bond acceptors (Lipinski definition) is 3. The highest BCUT2D eigenvalue weighted by atomic mass is 15.2. The van der Waals surface area contributed by atoms with Crippen molar-refractivity contribution in [1.29, 1.82) is 0 Å². The van der Waals surface area contributed by atoms with Crippen LogP contribution >= 0.6 is 0 Å². The first-order valence-electron chi connectivity index (χ1n) is 6.84. The van der Waals surface area contributed by atoms with Gasteiger partial charge in [-0.25, -0.2) is 4.98 Å². The second kappa shape index (κ2) is 8.70. The van der Waals surface area contributed by atoms with Crippen molar-refractivity contribution in [3.8, 4) is 0 Å². The van der Waals surface area contributed by atoms with Crippen molar-refractivity contribution in [3.05, 3.63) is 36.5 Å². The van der Waals surface area contributed by atoms with Gasteiger partial charge in [0, 0.05) is 19.6 Å². The monoisotopic (exact) mass is 247 g/mol. The Labute approximate surface area is 111 Å². The Kier molecular flexibility index (Phi) is 7.11. The van der Waals surface area contributed by atoms with E-state index >= 15 is 0 Å². The van der Waals surface area contributed by atoms with Crippen molar-refractivity contribution in [3.63, 3.8) is 0 Å². The minimum Gasteiger partial charge on any atom is -0.353 e. The maximum Gasteiger partial charge on any atom is 0.129 e. The minimum atomic E-state index is 0.843. The summed E-state index contributed by atoms with van der Waals surface area (Å²) in [6.45, 7) is 11.9. The molecule has 1 aromatic heterocycles. The number of nitrogens with one attached hydrogen (secondary N) is 1. The van der Waals surface area contributed by atoms with E-state index in [4.69, 9.17) is 4.98 Å². The van der Waals surface area contributed by atoms with Crippen molar-refractivity contribution in [2.24, 2.45) is 0 Å². The predicted octanol–water partition coefficient (Wildman–Crippen LogP) is 2.98. The van der Waals surface area contributed by atoms with Gasteiger partial charge in [-0.2, -0.15) is 0 Å². The van der Waals surface area contributed by atoms with E-state index in [2.05, 4.69) is 48.8 Å². The fourth-order valence-electron chi connectivity index (χ4n) is 1.86. The molecule has 0 aromatic carbocycles. The zero-order chi connectivity index (χ0) is 13.2. The van der Waals surface area contributed by atoms with E-state index in [1.807, 2.05) is 6.08 Å². The van der Waals surface area contributed by atoms with Gasteiger partial charge < -0.3 is 10.2 Å². The van der Waals surface area contributed by atoms with Gasteiger partial charge in [-0.3, -0.25) is 0 Å². The Morgan fingerprint density at radius 2 is 2.17 bits per heavy atom. The number of nitrogens with zero attached hydrogens (tertiary/aromatic N) is 2. The lowest BCUT2D eigenvalue weighted by atomic mass is 10.3. The smallest absolute Gasteiger partial charge is 0.129 e. The van der Waals surface area contributed by atoms with Crippen molar-refractivity contribution in [1.82, 2.24) is 10.3 Å². The SMILES string of the molecule is C=CCN(CCC)c1cccc(CNCCC)n1. The van der Waals surface area contributed by atoms with Crippen molar-refractivity contribution < 1.29 is 0 Å². The van der Waals surface area contributed by atoms with Gasteiger partial charge in [0.15, 0.2) is 0 Å². The first kappa shape index (κ1) is 14.7. The van der Waals surface area contributed by atoms with Crippen LogP contribution < -0.4 is 10.2 Å². The number of rotatable bonds is 9. The summed E-state index contributed by atoms with van der Waals surface area (Å²) in [6.07, 6.45) is 4.20. The quantitative estimate of drug-likeness (QED) is 0.537. The molecule has 0 saturated carbocycles. The highest BCUT2D eigenvalue weighted by Crippen LogP contribution is 2.12. The summed E-state index contributed by atoms with van der Waals surface area (Å²) in [5.41, 5.74) is 1.10. The van der Waals surface area contributed by atoms with E-state index in [1.54, 1.807) is 0 Å². The third-order valence-corrected chi connectivity index (χ3v) is 2.69. The molecule has 0 atom stereocenters. The summed E-state index contributed by atoms with van der Waals surface area (Å²) < 4.78 is 0. The van der Waals surface area contributed by atoms with Crippen LogP contribution in [0.4, 0.5) is 5.82 Å². The summed E-state index contributed by atoms with van der Waals surface area (Å²) in [5.74, 6) is 1.05. The second-order valence-corrected chi connectivity index (χ2v) is 4.40. The molecule has 0 aliphatic carbocycles. The van der Waals surface area contributed by atoms with Crippen molar-refractivity contribution >= 4 is 5.82 Å². The number of pyridine rings is 1. The Bertz CT molecular complexity index is 349. The summed E-state index contributed by atoms with van der Waals surface area (Å²) in [4.78, 5) is 6.96. The molecule has 0 aliphatic heterocycles. The van der Waals surface area contributed by atoms with Crippen LogP contribution in [0.25, 0.3) is 0 Å². The number of hydrogen-bond donors (Lipinski definition) is 1.